The summed E-state index contributed by atoms with van der Waals surface area (Å²) in [6.07, 6.45) is -2.56. The Labute approximate surface area is 222 Å². The number of carbonyl (C=O) groups is 3. The molecule has 0 amide bonds. The lowest BCUT2D eigenvalue weighted by Crippen LogP contribution is -2.75. The first-order valence-corrected chi connectivity index (χ1v) is 13.1. The van der Waals surface area contributed by atoms with Crippen molar-refractivity contribution in [1.82, 2.24) is 0 Å². The van der Waals surface area contributed by atoms with E-state index in [1.807, 2.05) is 32.9 Å². The number of fused-ring (bicyclic) bond motifs is 1. The number of carbonyl (C=O) groups excluding carboxylic acids is 3. The predicted octanol–water partition coefficient (Wildman–Crippen LogP) is 4.10. The molecule has 1 heterocycles. The Morgan fingerprint density at radius 2 is 1.37 bits per heavy atom. The van der Waals surface area contributed by atoms with Crippen molar-refractivity contribution in [3.63, 3.8) is 0 Å². The van der Waals surface area contributed by atoms with E-state index in [9.17, 15) is 19.5 Å². The standard InChI is InChI=1S/C30H34O8/c1-18(31)35-23-16-15-22(32)30-25(37-27(34)20-13-9-6-10-14-20)21(28(2,3)38-30)17-24(29(23,30)4)36-26(33)19-11-7-5-8-12-19/h5-14,21-25,32H,15-17H2,1-4H3/t21-,22-,23+,24+,25-,29+,30-/m1/s1. The fourth-order valence-electron chi connectivity index (χ4n) is 6.93. The molecule has 3 fully saturated rings. The fourth-order valence-corrected chi connectivity index (χ4v) is 6.93. The molecule has 0 unspecified atom stereocenters. The highest BCUT2D eigenvalue weighted by atomic mass is 16.6. The molecule has 2 saturated carbocycles. The number of benzene rings is 2. The molecule has 1 aliphatic heterocycles. The molecule has 5 rings (SSSR count). The molecule has 2 bridgehead atoms. The Morgan fingerprint density at radius 1 is 0.816 bits per heavy atom. The van der Waals surface area contributed by atoms with Gasteiger partial charge in [0.2, 0.25) is 0 Å². The molecule has 1 spiro atoms. The number of hydrogen-bond acceptors (Lipinski definition) is 8. The van der Waals surface area contributed by atoms with Crippen LogP contribution in [0.15, 0.2) is 60.7 Å². The average molecular weight is 523 g/mol. The van der Waals surface area contributed by atoms with Gasteiger partial charge in [-0.25, -0.2) is 9.59 Å². The van der Waals surface area contributed by atoms with E-state index in [1.165, 1.54) is 6.92 Å². The van der Waals surface area contributed by atoms with Gasteiger partial charge >= 0.3 is 17.9 Å². The van der Waals surface area contributed by atoms with Gasteiger partial charge < -0.3 is 24.1 Å². The van der Waals surface area contributed by atoms with Gasteiger partial charge in [-0.2, -0.15) is 0 Å². The maximum Gasteiger partial charge on any atom is 0.338 e. The third-order valence-corrected chi connectivity index (χ3v) is 8.77. The Balaban J connectivity index is 1.60. The van der Waals surface area contributed by atoms with Gasteiger partial charge in [-0.05, 0) is 64.3 Å². The summed E-state index contributed by atoms with van der Waals surface area (Å²) in [6, 6.07) is 17.3. The normalized spacial score (nSPS) is 35.0. The monoisotopic (exact) mass is 522 g/mol. The lowest BCUT2D eigenvalue weighted by molar-refractivity contribution is -0.297. The van der Waals surface area contributed by atoms with Crippen LogP contribution in [0.4, 0.5) is 0 Å². The zero-order chi connectivity index (χ0) is 27.3. The fraction of sp³-hybridized carbons (Fsp3) is 0.500. The molecule has 202 valence electrons. The summed E-state index contributed by atoms with van der Waals surface area (Å²) in [5, 5.41) is 11.7. The number of rotatable bonds is 5. The molecule has 3 aliphatic rings. The van der Waals surface area contributed by atoms with Crippen molar-refractivity contribution in [1.29, 1.82) is 0 Å². The summed E-state index contributed by atoms with van der Waals surface area (Å²) in [5.41, 5.74) is -2.77. The predicted molar refractivity (Wildman–Crippen MR) is 136 cm³/mol. The van der Waals surface area contributed by atoms with Crippen LogP contribution in [-0.4, -0.2) is 58.6 Å². The van der Waals surface area contributed by atoms with Crippen LogP contribution in [0.25, 0.3) is 0 Å². The van der Waals surface area contributed by atoms with Crippen molar-refractivity contribution in [2.75, 3.05) is 0 Å². The smallest absolute Gasteiger partial charge is 0.338 e. The largest absolute Gasteiger partial charge is 0.462 e. The summed E-state index contributed by atoms with van der Waals surface area (Å²) in [4.78, 5) is 38.8. The highest BCUT2D eigenvalue weighted by Gasteiger charge is 2.80. The van der Waals surface area contributed by atoms with Crippen molar-refractivity contribution in [2.45, 2.75) is 82.6 Å². The molecule has 8 nitrogen and oxygen atoms in total. The van der Waals surface area contributed by atoms with E-state index in [4.69, 9.17) is 18.9 Å². The van der Waals surface area contributed by atoms with Crippen molar-refractivity contribution in [2.24, 2.45) is 11.3 Å². The molecule has 7 atom stereocenters. The number of esters is 3. The number of hydrogen-bond donors (Lipinski definition) is 1. The van der Waals surface area contributed by atoms with E-state index in [0.29, 0.717) is 24.0 Å². The van der Waals surface area contributed by atoms with E-state index >= 15 is 0 Å². The first-order valence-electron chi connectivity index (χ1n) is 13.1. The summed E-state index contributed by atoms with van der Waals surface area (Å²) in [7, 11) is 0. The Bertz CT molecular complexity index is 1210. The van der Waals surface area contributed by atoms with Gasteiger partial charge in [0.1, 0.15) is 23.9 Å². The minimum Gasteiger partial charge on any atom is -0.462 e. The molecule has 2 aromatic rings. The Morgan fingerprint density at radius 3 is 1.92 bits per heavy atom. The summed E-state index contributed by atoms with van der Waals surface area (Å²) in [6.45, 7) is 6.91. The highest BCUT2D eigenvalue weighted by Crippen LogP contribution is 2.66. The van der Waals surface area contributed by atoms with Crippen molar-refractivity contribution >= 4 is 17.9 Å². The molecule has 38 heavy (non-hydrogen) atoms. The molecular weight excluding hydrogens is 488 g/mol. The molecule has 1 N–H and O–H groups in total. The third kappa shape index (κ3) is 4.01. The van der Waals surface area contributed by atoms with E-state index in [-0.39, 0.29) is 6.42 Å². The van der Waals surface area contributed by atoms with E-state index < -0.39 is 64.9 Å². The minimum atomic E-state index is -1.48. The second-order valence-corrected chi connectivity index (χ2v) is 11.3. The first-order chi connectivity index (χ1) is 18.0. The average Bonchev–Trinajstić information content (AvgIpc) is 3.07. The quantitative estimate of drug-likeness (QED) is 0.462. The van der Waals surface area contributed by atoms with Gasteiger partial charge in [0.25, 0.3) is 0 Å². The van der Waals surface area contributed by atoms with Crippen LogP contribution in [0.3, 0.4) is 0 Å². The van der Waals surface area contributed by atoms with Gasteiger partial charge in [-0.1, -0.05) is 36.4 Å². The Kier molecular flexibility index (Phi) is 6.60. The SMILES string of the molecule is CC(=O)O[C@H]1CC[C@@H](O)[C@]23OC(C)(C)[C@H](C[C@H](OC(=O)c4ccccc4)[C@]12C)[C@H]3OC(=O)c1ccccc1. The second-order valence-electron chi connectivity index (χ2n) is 11.3. The molecule has 2 aliphatic carbocycles. The lowest BCUT2D eigenvalue weighted by atomic mass is 9.51. The van der Waals surface area contributed by atoms with Crippen LogP contribution >= 0.6 is 0 Å². The van der Waals surface area contributed by atoms with E-state index in [1.54, 1.807) is 48.5 Å². The van der Waals surface area contributed by atoms with Crippen LogP contribution in [0, 0.1) is 11.3 Å². The summed E-state index contributed by atoms with van der Waals surface area (Å²) in [5.74, 6) is -1.95. The van der Waals surface area contributed by atoms with Crippen molar-refractivity contribution < 1.29 is 38.4 Å². The van der Waals surface area contributed by atoms with Crippen LogP contribution in [0.2, 0.25) is 0 Å². The van der Waals surface area contributed by atoms with E-state index in [2.05, 4.69) is 0 Å². The maximum absolute atomic E-state index is 13.3. The number of ether oxygens (including phenoxy) is 4. The van der Waals surface area contributed by atoms with Gasteiger partial charge in [0, 0.05) is 12.8 Å². The van der Waals surface area contributed by atoms with Gasteiger partial charge in [-0.15, -0.1) is 0 Å². The number of aliphatic hydroxyl groups is 1. The minimum absolute atomic E-state index is 0.259. The van der Waals surface area contributed by atoms with Gasteiger partial charge in [0.15, 0.2) is 0 Å². The lowest BCUT2D eigenvalue weighted by Gasteiger charge is -2.60. The van der Waals surface area contributed by atoms with E-state index in [0.717, 1.165) is 0 Å². The molecule has 0 radical (unpaired) electrons. The molecule has 2 aromatic carbocycles. The van der Waals surface area contributed by atoms with Crippen LogP contribution in [0.1, 0.15) is 67.7 Å². The van der Waals surface area contributed by atoms with Crippen molar-refractivity contribution in [3.05, 3.63) is 71.8 Å². The molecule has 1 saturated heterocycles. The Hall–Kier alpha value is -3.23. The van der Waals surface area contributed by atoms with Crippen LogP contribution < -0.4 is 0 Å². The third-order valence-electron chi connectivity index (χ3n) is 8.77. The molecule has 8 heteroatoms. The summed E-state index contributed by atoms with van der Waals surface area (Å²) >= 11 is 0. The maximum atomic E-state index is 13.3. The highest BCUT2D eigenvalue weighted by molar-refractivity contribution is 5.90. The molecule has 0 aromatic heterocycles. The zero-order valence-corrected chi connectivity index (χ0v) is 22.1. The topological polar surface area (TPSA) is 108 Å². The van der Waals surface area contributed by atoms with Crippen LogP contribution in [-0.2, 0) is 23.7 Å². The van der Waals surface area contributed by atoms with Gasteiger partial charge in [-0.3, -0.25) is 4.79 Å². The zero-order valence-electron chi connectivity index (χ0n) is 22.1. The molecular formula is C30H34O8. The second kappa shape index (κ2) is 9.50. The first kappa shape index (κ1) is 26.4. The summed E-state index contributed by atoms with van der Waals surface area (Å²) < 4.78 is 24.9. The van der Waals surface area contributed by atoms with Crippen LogP contribution in [0.5, 0.6) is 0 Å². The number of aliphatic hydroxyl groups excluding tert-OH is 1. The van der Waals surface area contributed by atoms with Crippen molar-refractivity contribution in [3.8, 4) is 0 Å². The van der Waals surface area contributed by atoms with Gasteiger partial charge in [0.05, 0.1) is 28.2 Å².